The smallest absolute Gasteiger partial charge is 0.266 e. The quantitative estimate of drug-likeness (QED) is 0.363. The van der Waals surface area contributed by atoms with E-state index in [0.29, 0.717) is 30.3 Å². The minimum Gasteiger partial charge on any atom is -0.493 e. The molecule has 1 aliphatic rings. The Balaban J connectivity index is 1.23. The Labute approximate surface area is 197 Å². The lowest BCUT2D eigenvalue weighted by atomic mass is 9.92. The van der Waals surface area contributed by atoms with Crippen LogP contribution < -0.4 is 9.64 Å². The summed E-state index contributed by atoms with van der Waals surface area (Å²) in [6.45, 7) is 9.93. The van der Waals surface area contributed by atoms with Gasteiger partial charge in [-0.2, -0.15) is 4.98 Å². The fraction of sp³-hybridized carbons (Fsp3) is 0.583. The molecule has 8 nitrogen and oxygen atoms in total. The zero-order valence-electron chi connectivity index (χ0n) is 20.1. The van der Waals surface area contributed by atoms with E-state index in [-0.39, 0.29) is 29.0 Å². The molecule has 0 saturated carbocycles. The number of halogens is 2. The summed E-state index contributed by atoms with van der Waals surface area (Å²) in [6.07, 6.45) is 3.86. The lowest BCUT2D eigenvalue weighted by Gasteiger charge is -2.30. The Morgan fingerprint density at radius 1 is 1.03 bits per heavy atom. The molecule has 0 bridgehead atoms. The molecular weight excluding hydrogens is 444 g/mol. The van der Waals surface area contributed by atoms with Gasteiger partial charge in [-0.25, -0.2) is 8.78 Å². The molecule has 1 aromatic carbocycles. The van der Waals surface area contributed by atoms with E-state index in [2.05, 4.69) is 25.2 Å². The third kappa shape index (κ3) is 5.53. The first-order chi connectivity index (χ1) is 16.3. The van der Waals surface area contributed by atoms with Crippen LogP contribution in [-0.2, 0) is 0 Å². The van der Waals surface area contributed by atoms with Crippen LogP contribution in [0, 0.1) is 17.6 Å². The molecule has 0 N–H and O–H groups in total. The van der Waals surface area contributed by atoms with E-state index in [1.165, 1.54) is 0 Å². The zero-order valence-corrected chi connectivity index (χ0v) is 20.1. The molecule has 0 spiro atoms. The van der Waals surface area contributed by atoms with Gasteiger partial charge < -0.3 is 18.6 Å². The van der Waals surface area contributed by atoms with E-state index in [1.807, 2.05) is 27.7 Å². The predicted molar refractivity (Wildman–Crippen MR) is 122 cm³/mol. The monoisotopic (exact) mass is 475 g/mol. The second-order valence-electron chi connectivity index (χ2n) is 9.37. The number of hydrogen-bond acceptors (Lipinski definition) is 8. The van der Waals surface area contributed by atoms with Gasteiger partial charge in [0.15, 0.2) is 0 Å². The first kappa shape index (κ1) is 24.1. The van der Waals surface area contributed by atoms with E-state index in [0.717, 1.165) is 50.9 Å². The summed E-state index contributed by atoms with van der Waals surface area (Å²) < 4.78 is 45.4. The van der Waals surface area contributed by atoms with Gasteiger partial charge in [-0.1, -0.05) is 27.7 Å². The SMILES string of the molecule is CC(C)c1nc(N2CCC(CCCOc3cc(F)c(-c4nnc(C(C)C)o4)c(F)c3)CC2)no1. The highest BCUT2D eigenvalue weighted by molar-refractivity contribution is 5.56. The largest absolute Gasteiger partial charge is 0.493 e. The van der Waals surface area contributed by atoms with E-state index < -0.39 is 11.6 Å². The van der Waals surface area contributed by atoms with Crippen LogP contribution in [0.15, 0.2) is 21.1 Å². The van der Waals surface area contributed by atoms with E-state index in [9.17, 15) is 8.78 Å². The second-order valence-corrected chi connectivity index (χ2v) is 9.37. The third-order valence-corrected chi connectivity index (χ3v) is 6.01. The molecule has 3 heterocycles. The maximum absolute atomic E-state index is 14.6. The predicted octanol–water partition coefficient (Wildman–Crippen LogP) is 5.72. The van der Waals surface area contributed by atoms with Gasteiger partial charge in [-0.15, -0.1) is 10.2 Å². The van der Waals surface area contributed by atoms with Crippen molar-refractivity contribution in [1.82, 2.24) is 20.3 Å². The summed E-state index contributed by atoms with van der Waals surface area (Å²) in [6, 6.07) is 2.32. The van der Waals surface area contributed by atoms with Gasteiger partial charge in [-0.3, -0.25) is 0 Å². The molecule has 184 valence electrons. The fourth-order valence-electron chi connectivity index (χ4n) is 3.98. The summed E-state index contributed by atoms with van der Waals surface area (Å²) in [4.78, 5) is 6.63. The maximum Gasteiger partial charge on any atom is 0.266 e. The molecule has 1 fully saturated rings. The van der Waals surface area contributed by atoms with Gasteiger partial charge in [0.1, 0.15) is 22.9 Å². The van der Waals surface area contributed by atoms with Crippen LogP contribution in [0.3, 0.4) is 0 Å². The molecule has 10 heteroatoms. The van der Waals surface area contributed by atoms with Crippen molar-refractivity contribution in [1.29, 1.82) is 0 Å². The molecule has 1 saturated heterocycles. The Morgan fingerprint density at radius 3 is 2.29 bits per heavy atom. The topological polar surface area (TPSA) is 90.3 Å². The Hall–Kier alpha value is -3.04. The van der Waals surface area contributed by atoms with Gasteiger partial charge >= 0.3 is 0 Å². The van der Waals surface area contributed by atoms with Crippen molar-refractivity contribution < 1.29 is 22.5 Å². The normalized spacial score (nSPS) is 15.0. The van der Waals surface area contributed by atoms with Gasteiger partial charge in [0.05, 0.1) is 6.61 Å². The summed E-state index contributed by atoms with van der Waals surface area (Å²) in [7, 11) is 0. The van der Waals surface area contributed by atoms with Gasteiger partial charge in [0, 0.05) is 37.1 Å². The summed E-state index contributed by atoms with van der Waals surface area (Å²) in [5.41, 5.74) is -0.333. The number of ether oxygens (including phenoxy) is 1. The van der Waals surface area contributed by atoms with Crippen molar-refractivity contribution in [2.24, 2.45) is 5.92 Å². The average molecular weight is 476 g/mol. The minimum absolute atomic E-state index is 0.0288. The van der Waals surface area contributed by atoms with Crippen LogP contribution in [0.25, 0.3) is 11.5 Å². The van der Waals surface area contributed by atoms with Gasteiger partial charge in [-0.05, 0) is 36.8 Å². The van der Waals surface area contributed by atoms with Crippen molar-refractivity contribution in [3.05, 3.63) is 35.5 Å². The Bertz CT molecular complexity index is 1070. The first-order valence-corrected chi connectivity index (χ1v) is 11.9. The van der Waals surface area contributed by atoms with Crippen LogP contribution in [0.2, 0.25) is 0 Å². The average Bonchev–Trinajstić information content (AvgIpc) is 3.47. The summed E-state index contributed by atoms with van der Waals surface area (Å²) in [5, 5.41) is 11.7. The van der Waals surface area contributed by atoms with Crippen LogP contribution >= 0.6 is 0 Å². The van der Waals surface area contributed by atoms with E-state index >= 15 is 0 Å². The van der Waals surface area contributed by atoms with Gasteiger partial charge in [0.25, 0.3) is 11.8 Å². The molecule has 2 aromatic heterocycles. The van der Waals surface area contributed by atoms with Crippen molar-refractivity contribution in [2.45, 2.75) is 65.2 Å². The van der Waals surface area contributed by atoms with E-state index in [4.69, 9.17) is 13.7 Å². The molecular formula is C24H31F2N5O3. The number of rotatable bonds is 9. The number of benzene rings is 1. The molecule has 34 heavy (non-hydrogen) atoms. The fourth-order valence-corrected chi connectivity index (χ4v) is 3.98. The molecule has 4 rings (SSSR count). The Kier molecular flexibility index (Phi) is 7.43. The van der Waals surface area contributed by atoms with Crippen molar-refractivity contribution in [3.8, 4) is 17.2 Å². The van der Waals surface area contributed by atoms with Crippen LogP contribution in [0.5, 0.6) is 5.75 Å². The van der Waals surface area contributed by atoms with Gasteiger partial charge in [0.2, 0.25) is 11.8 Å². The van der Waals surface area contributed by atoms with Crippen molar-refractivity contribution in [3.63, 3.8) is 0 Å². The van der Waals surface area contributed by atoms with Crippen LogP contribution in [0.4, 0.5) is 14.7 Å². The number of hydrogen-bond donors (Lipinski definition) is 0. The van der Waals surface area contributed by atoms with Crippen LogP contribution in [0.1, 0.15) is 77.0 Å². The van der Waals surface area contributed by atoms with Crippen LogP contribution in [-0.4, -0.2) is 40.0 Å². The minimum atomic E-state index is -0.789. The highest BCUT2D eigenvalue weighted by Gasteiger charge is 2.24. The lowest BCUT2D eigenvalue weighted by molar-refractivity contribution is 0.276. The molecule has 0 aliphatic carbocycles. The number of piperidine rings is 1. The molecule has 3 aromatic rings. The van der Waals surface area contributed by atoms with E-state index in [1.54, 1.807) is 0 Å². The van der Waals surface area contributed by atoms with Crippen molar-refractivity contribution >= 4 is 5.95 Å². The van der Waals surface area contributed by atoms with Crippen molar-refractivity contribution in [2.75, 3.05) is 24.6 Å². The molecule has 0 radical (unpaired) electrons. The standard InChI is InChI=1S/C24H31F2N5O3/c1-14(2)21-27-24(30-34-21)31-9-7-16(8-10-31)6-5-11-32-17-12-18(25)20(19(26)13-17)23-29-28-22(33-23)15(3)4/h12-16H,5-11H2,1-4H3. The highest BCUT2D eigenvalue weighted by atomic mass is 19.1. The summed E-state index contributed by atoms with van der Waals surface area (Å²) in [5.74, 6) is 0.816. The number of aromatic nitrogens is 4. The molecule has 0 unspecified atom stereocenters. The number of nitrogens with zero attached hydrogens (tertiary/aromatic N) is 5. The first-order valence-electron chi connectivity index (χ1n) is 11.9. The second kappa shape index (κ2) is 10.5. The molecule has 0 amide bonds. The number of anilines is 1. The molecule has 0 atom stereocenters. The molecule has 1 aliphatic heterocycles. The summed E-state index contributed by atoms with van der Waals surface area (Å²) >= 11 is 0. The highest BCUT2D eigenvalue weighted by Crippen LogP contribution is 2.31. The zero-order chi connectivity index (χ0) is 24.2. The Morgan fingerprint density at radius 2 is 1.71 bits per heavy atom. The lowest BCUT2D eigenvalue weighted by Crippen LogP contribution is -2.34. The maximum atomic E-state index is 14.6. The third-order valence-electron chi connectivity index (χ3n) is 6.01.